The van der Waals surface area contributed by atoms with Gasteiger partial charge in [0.1, 0.15) is 0 Å². The second-order valence-electron chi connectivity index (χ2n) is 7.84. The summed E-state index contributed by atoms with van der Waals surface area (Å²) in [6, 6.07) is 6.38. The fourth-order valence-corrected chi connectivity index (χ4v) is 5.57. The topological polar surface area (TPSA) is 71.5 Å². The SMILES string of the molecule is CCOC(=O)CCSc1cnc(NC(=O)C2CN(CC3CC3)c3cc(C)ccc32)s1. The molecule has 4 rings (SSSR count). The molecule has 0 spiro atoms. The van der Waals surface area contributed by atoms with E-state index in [1.165, 1.54) is 35.4 Å². The van der Waals surface area contributed by atoms with E-state index >= 15 is 0 Å². The highest BCUT2D eigenvalue weighted by Crippen LogP contribution is 2.41. The zero-order valence-electron chi connectivity index (χ0n) is 17.3. The quantitative estimate of drug-likeness (QED) is 0.454. The Morgan fingerprint density at radius 1 is 1.37 bits per heavy atom. The van der Waals surface area contributed by atoms with Crippen LogP contribution < -0.4 is 10.2 Å². The normalized spacial score (nSPS) is 17.7. The number of esters is 1. The molecule has 2 aromatic rings. The van der Waals surface area contributed by atoms with Crippen molar-refractivity contribution in [1.29, 1.82) is 0 Å². The Morgan fingerprint density at radius 3 is 2.97 bits per heavy atom. The molecule has 2 aliphatic rings. The number of rotatable bonds is 9. The average molecular weight is 446 g/mol. The fraction of sp³-hybridized carbons (Fsp3) is 0.500. The van der Waals surface area contributed by atoms with Crippen LogP contribution >= 0.6 is 23.1 Å². The number of aryl methyl sites for hydroxylation is 1. The van der Waals surface area contributed by atoms with Gasteiger partial charge in [-0.15, -0.1) is 11.8 Å². The molecule has 0 bridgehead atoms. The summed E-state index contributed by atoms with van der Waals surface area (Å²) in [7, 11) is 0. The van der Waals surface area contributed by atoms with Crippen molar-refractivity contribution in [3.63, 3.8) is 0 Å². The summed E-state index contributed by atoms with van der Waals surface area (Å²) in [5, 5.41) is 3.61. The lowest BCUT2D eigenvalue weighted by Crippen LogP contribution is -2.29. The maximum absolute atomic E-state index is 13.1. The molecular formula is C22H27N3O3S2. The van der Waals surface area contributed by atoms with Crippen LogP contribution in [0.4, 0.5) is 10.8 Å². The van der Waals surface area contributed by atoms with Gasteiger partial charge in [0.05, 0.1) is 29.4 Å². The van der Waals surface area contributed by atoms with Crippen LogP contribution in [0.1, 0.15) is 43.2 Å². The van der Waals surface area contributed by atoms with Crippen LogP contribution in [-0.4, -0.2) is 42.3 Å². The van der Waals surface area contributed by atoms with Gasteiger partial charge in [-0.25, -0.2) is 4.98 Å². The highest BCUT2D eigenvalue weighted by atomic mass is 32.2. The van der Waals surface area contributed by atoms with Gasteiger partial charge in [-0.2, -0.15) is 0 Å². The zero-order valence-corrected chi connectivity index (χ0v) is 19.0. The number of anilines is 2. The summed E-state index contributed by atoms with van der Waals surface area (Å²) < 4.78 is 5.92. The molecule has 8 heteroatoms. The molecule has 1 aliphatic carbocycles. The first-order chi connectivity index (χ1) is 14.5. The highest BCUT2D eigenvalue weighted by molar-refractivity contribution is 8.01. The minimum absolute atomic E-state index is 0.00387. The fourth-order valence-electron chi connectivity index (χ4n) is 3.69. The smallest absolute Gasteiger partial charge is 0.306 e. The lowest BCUT2D eigenvalue weighted by molar-refractivity contribution is -0.142. The van der Waals surface area contributed by atoms with Gasteiger partial charge in [-0.1, -0.05) is 23.5 Å². The number of fused-ring (bicyclic) bond motifs is 1. The predicted molar refractivity (Wildman–Crippen MR) is 122 cm³/mol. The molecule has 1 amide bonds. The maximum atomic E-state index is 13.1. The standard InChI is InChI=1S/C22H27N3O3S2/c1-3-28-19(26)8-9-29-20-11-23-22(30-20)24-21(27)17-13-25(12-15-5-6-15)18-10-14(2)4-7-16(17)18/h4,7,10-11,15,17H,3,5-6,8-9,12-13H2,1-2H3,(H,23,24,27). The van der Waals surface area contributed by atoms with Crippen molar-refractivity contribution in [2.75, 3.05) is 35.7 Å². The molecule has 1 aromatic heterocycles. The maximum Gasteiger partial charge on any atom is 0.306 e. The molecule has 1 N–H and O–H groups in total. The van der Waals surface area contributed by atoms with E-state index in [1.807, 2.05) is 0 Å². The Balaban J connectivity index is 1.36. The van der Waals surface area contributed by atoms with Crippen molar-refractivity contribution in [2.45, 2.75) is 43.2 Å². The van der Waals surface area contributed by atoms with Crippen LogP contribution in [0.15, 0.2) is 28.6 Å². The number of nitrogens with one attached hydrogen (secondary N) is 1. The molecule has 1 unspecified atom stereocenters. The minimum Gasteiger partial charge on any atom is -0.466 e. The molecule has 1 aromatic carbocycles. The first kappa shape index (κ1) is 21.2. The van der Waals surface area contributed by atoms with Crippen molar-refractivity contribution in [3.05, 3.63) is 35.5 Å². The third kappa shape index (κ3) is 5.16. The van der Waals surface area contributed by atoms with E-state index in [0.717, 1.165) is 28.8 Å². The Labute approximate surface area is 185 Å². The lowest BCUT2D eigenvalue weighted by Gasteiger charge is -2.19. The summed E-state index contributed by atoms with van der Waals surface area (Å²) in [4.78, 5) is 31.2. The second-order valence-corrected chi connectivity index (χ2v) is 10.3. The Hall–Kier alpha value is -2.06. The number of hydrogen-bond acceptors (Lipinski definition) is 7. The van der Waals surface area contributed by atoms with Gasteiger partial charge in [0, 0.05) is 24.5 Å². The summed E-state index contributed by atoms with van der Waals surface area (Å²) in [6.07, 6.45) is 4.71. The number of carbonyl (C=O) groups is 2. The van der Waals surface area contributed by atoms with Crippen LogP contribution in [-0.2, 0) is 14.3 Å². The van der Waals surface area contributed by atoms with Crippen LogP contribution in [0.2, 0.25) is 0 Å². The second kappa shape index (κ2) is 9.39. The molecule has 1 atom stereocenters. The van der Waals surface area contributed by atoms with Crippen molar-refractivity contribution in [2.24, 2.45) is 5.92 Å². The molecule has 6 nitrogen and oxygen atoms in total. The summed E-state index contributed by atoms with van der Waals surface area (Å²) in [5.41, 5.74) is 3.54. The molecule has 0 saturated heterocycles. The van der Waals surface area contributed by atoms with Gasteiger partial charge >= 0.3 is 5.97 Å². The van der Waals surface area contributed by atoms with Crippen LogP contribution in [0.25, 0.3) is 0 Å². The molecular weight excluding hydrogens is 418 g/mol. The van der Waals surface area contributed by atoms with E-state index in [2.05, 4.69) is 40.3 Å². The minimum atomic E-state index is -0.186. The number of amides is 1. The first-order valence-corrected chi connectivity index (χ1v) is 12.2. The van der Waals surface area contributed by atoms with Gasteiger partial charge in [0.25, 0.3) is 0 Å². The van der Waals surface area contributed by atoms with Gasteiger partial charge in [0.15, 0.2) is 5.13 Å². The number of thiazole rings is 1. The Morgan fingerprint density at radius 2 is 2.20 bits per heavy atom. The first-order valence-electron chi connectivity index (χ1n) is 10.4. The van der Waals surface area contributed by atoms with Gasteiger partial charge in [-0.3, -0.25) is 9.59 Å². The van der Waals surface area contributed by atoms with E-state index in [4.69, 9.17) is 4.74 Å². The Kier molecular flexibility index (Phi) is 6.63. The molecule has 1 aliphatic heterocycles. The molecule has 0 radical (unpaired) electrons. The molecule has 1 fully saturated rings. The summed E-state index contributed by atoms with van der Waals surface area (Å²) in [6.45, 7) is 6.08. The number of benzene rings is 1. The molecule has 160 valence electrons. The van der Waals surface area contributed by atoms with Crippen LogP contribution in [0.3, 0.4) is 0 Å². The number of aromatic nitrogens is 1. The van der Waals surface area contributed by atoms with E-state index in [0.29, 0.717) is 23.9 Å². The van der Waals surface area contributed by atoms with Crippen LogP contribution in [0, 0.1) is 12.8 Å². The lowest BCUT2D eigenvalue weighted by atomic mass is 9.99. The number of hydrogen-bond donors (Lipinski definition) is 1. The van der Waals surface area contributed by atoms with Crippen molar-refractivity contribution < 1.29 is 14.3 Å². The zero-order chi connectivity index (χ0) is 21.1. The van der Waals surface area contributed by atoms with Gasteiger partial charge in [0.2, 0.25) is 5.91 Å². The van der Waals surface area contributed by atoms with E-state index in [-0.39, 0.29) is 17.8 Å². The van der Waals surface area contributed by atoms with Crippen molar-refractivity contribution in [3.8, 4) is 0 Å². The van der Waals surface area contributed by atoms with E-state index in [9.17, 15) is 9.59 Å². The van der Waals surface area contributed by atoms with E-state index < -0.39 is 0 Å². The van der Waals surface area contributed by atoms with Crippen molar-refractivity contribution in [1.82, 2.24) is 4.98 Å². The Bertz CT molecular complexity index is 926. The highest BCUT2D eigenvalue weighted by Gasteiger charge is 2.36. The number of ether oxygens (including phenoxy) is 1. The van der Waals surface area contributed by atoms with Crippen LogP contribution in [0.5, 0.6) is 0 Å². The van der Waals surface area contributed by atoms with Crippen molar-refractivity contribution >= 4 is 45.8 Å². The largest absolute Gasteiger partial charge is 0.466 e. The van der Waals surface area contributed by atoms with Gasteiger partial charge in [-0.05, 0) is 49.8 Å². The number of nitrogens with zero attached hydrogens (tertiary/aromatic N) is 2. The average Bonchev–Trinajstić information content (AvgIpc) is 3.31. The monoisotopic (exact) mass is 445 g/mol. The third-order valence-corrected chi connectivity index (χ3v) is 7.48. The summed E-state index contributed by atoms with van der Waals surface area (Å²) in [5.74, 6) is 1.04. The summed E-state index contributed by atoms with van der Waals surface area (Å²) >= 11 is 3.00. The number of carbonyl (C=O) groups excluding carboxylic acids is 2. The molecule has 1 saturated carbocycles. The third-order valence-electron chi connectivity index (χ3n) is 5.37. The molecule has 30 heavy (non-hydrogen) atoms. The van der Waals surface area contributed by atoms with Gasteiger partial charge < -0.3 is 15.0 Å². The predicted octanol–water partition coefficient (Wildman–Crippen LogP) is 4.45. The van der Waals surface area contributed by atoms with E-state index in [1.54, 1.807) is 24.9 Å². The molecule has 2 heterocycles. The number of thioether (sulfide) groups is 1.